The maximum Gasteiger partial charge on any atom is 0.121 e. The molecule has 10 heavy (non-hydrogen) atoms. The van der Waals surface area contributed by atoms with E-state index in [0.29, 0.717) is 0 Å². The molecule has 0 aliphatic heterocycles. The third kappa shape index (κ3) is 1.51. The van der Waals surface area contributed by atoms with E-state index >= 15 is 0 Å². The molecule has 0 amide bonds. The number of hydrogen-bond donors (Lipinski definition) is 0. The number of methoxy groups -OCH3 is 1. The van der Waals surface area contributed by atoms with Crippen molar-refractivity contribution < 1.29 is 17.1 Å². The molecule has 0 fully saturated rings. The average Bonchev–Trinajstić information content (AvgIpc) is 2.19. The largest absolute Gasteiger partial charge is 0.496 e. The number of hydrogen-bond acceptors (Lipinski definition) is 1. The molecule has 1 aromatic rings. The Morgan fingerprint density at radius 2 is 2.60 bits per heavy atom. The van der Waals surface area contributed by atoms with E-state index in [4.69, 9.17) is 12.3 Å². The van der Waals surface area contributed by atoms with Crippen LogP contribution < -0.4 is 4.74 Å². The van der Waals surface area contributed by atoms with Gasteiger partial charge in [-0.25, -0.2) is 0 Å². The number of ether oxygens (including phenoxy) is 1. The Labute approximate surface area is 81.8 Å². The van der Waals surface area contributed by atoms with Gasteiger partial charge in [-0.15, -0.1) is 0 Å². The van der Waals surface area contributed by atoms with Gasteiger partial charge in [0.2, 0.25) is 0 Å². The second kappa shape index (κ2) is 3.06. The standard InChI is InChI=1S/C8H9BrO/c1-6-5-7(9)3-4-8(6)10-2/h3-5H,1-2H3/i1D3,2D3,3D,4D,5D. The predicted molar refractivity (Wildman–Crippen MR) is 45.4 cm³/mol. The molecule has 0 unspecified atom stereocenters. The Morgan fingerprint density at radius 1 is 1.70 bits per heavy atom. The highest BCUT2D eigenvalue weighted by molar-refractivity contribution is 9.10. The molecule has 0 saturated carbocycles. The van der Waals surface area contributed by atoms with E-state index in [1.165, 1.54) is 0 Å². The van der Waals surface area contributed by atoms with Crippen molar-refractivity contribution in [2.75, 3.05) is 7.04 Å². The number of rotatable bonds is 1. The van der Waals surface area contributed by atoms with Crippen molar-refractivity contribution in [3.63, 3.8) is 0 Å². The van der Waals surface area contributed by atoms with Gasteiger partial charge in [0.15, 0.2) is 0 Å². The highest BCUT2D eigenvalue weighted by Crippen LogP contribution is 2.21. The molecule has 1 rings (SSSR count). The van der Waals surface area contributed by atoms with Crippen LogP contribution in [0.15, 0.2) is 22.6 Å². The molecule has 0 aromatic heterocycles. The zero-order chi connectivity index (χ0) is 15.2. The molecule has 1 nitrogen and oxygen atoms in total. The van der Waals surface area contributed by atoms with Crippen LogP contribution in [0.1, 0.15) is 17.9 Å². The first-order valence-electron chi connectivity index (χ1n) is 6.85. The number of benzene rings is 1. The predicted octanol–water partition coefficient (Wildman–Crippen LogP) is 2.77. The quantitative estimate of drug-likeness (QED) is 0.692. The van der Waals surface area contributed by atoms with Gasteiger partial charge in [-0.3, -0.25) is 0 Å². The van der Waals surface area contributed by atoms with E-state index in [0.717, 1.165) is 0 Å². The first-order chi connectivity index (χ1) is 8.36. The van der Waals surface area contributed by atoms with Crippen LogP contribution in [0.3, 0.4) is 0 Å². The van der Waals surface area contributed by atoms with E-state index in [9.17, 15) is 0 Å². The van der Waals surface area contributed by atoms with Gasteiger partial charge in [0.1, 0.15) is 5.75 Å². The van der Waals surface area contributed by atoms with Crippen molar-refractivity contribution in [2.24, 2.45) is 0 Å². The molecule has 0 heterocycles. The van der Waals surface area contributed by atoms with Crippen LogP contribution in [0.2, 0.25) is 0 Å². The Morgan fingerprint density at radius 3 is 3.30 bits per heavy atom. The van der Waals surface area contributed by atoms with E-state index in [1.54, 1.807) is 0 Å². The van der Waals surface area contributed by atoms with Gasteiger partial charge < -0.3 is 4.74 Å². The molecule has 0 radical (unpaired) electrons. The molecule has 0 spiro atoms. The zero-order valence-corrected chi connectivity index (χ0v) is 6.37. The number of halogens is 1. The van der Waals surface area contributed by atoms with Crippen molar-refractivity contribution in [1.82, 2.24) is 0 Å². The normalized spacial score (nSPS) is 25.1. The Hall–Kier alpha value is -0.500. The van der Waals surface area contributed by atoms with Gasteiger partial charge in [-0.1, -0.05) is 15.9 Å². The highest BCUT2D eigenvalue weighted by atomic mass is 79.9. The third-order valence-corrected chi connectivity index (χ3v) is 1.25. The zero-order valence-electron chi connectivity index (χ0n) is 13.8. The van der Waals surface area contributed by atoms with E-state index in [-0.39, 0.29) is 4.47 Å². The molecule has 0 N–H and O–H groups in total. The lowest BCUT2D eigenvalue weighted by Gasteiger charge is -2.02. The minimum Gasteiger partial charge on any atom is -0.496 e. The maximum atomic E-state index is 7.66. The van der Waals surface area contributed by atoms with Crippen LogP contribution in [-0.4, -0.2) is 7.04 Å². The highest BCUT2D eigenvalue weighted by Gasteiger charge is 1.95. The molecule has 0 saturated heterocycles. The van der Waals surface area contributed by atoms with Crippen molar-refractivity contribution in [2.45, 2.75) is 6.85 Å². The fraction of sp³-hybridized carbons (Fsp3) is 0.250. The van der Waals surface area contributed by atoms with Crippen molar-refractivity contribution >= 4 is 15.9 Å². The summed E-state index contributed by atoms with van der Waals surface area (Å²) in [6.07, 6.45) is 0. The lowest BCUT2D eigenvalue weighted by atomic mass is 10.2. The van der Waals surface area contributed by atoms with Gasteiger partial charge in [-0.05, 0) is 30.5 Å². The molecular formula is C8H9BrO. The SMILES string of the molecule is [2H]c1c([2H])c(OC([2H])([2H])[2H])c(C([2H])([2H])[2H])c([2H])c1Br. The van der Waals surface area contributed by atoms with Crippen molar-refractivity contribution in [1.29, 1.82) is 0 Å². The lowest BCUT2D eigenvalue weighted by Crippen LogP contribution is -1.85. The van der Waals surface area contributed by atoms with Crippen molar-refractivity contribution in [3.8, 4) is 5.75 Å². The summed E-state index contributed by atoms with van der Waals surface area (Å²) in [6.45, 7) is -2.83. The van der Waals surface area contributed by atoms with E-state index in [1.807, 2.05) is 0 Å². The summed E-state index contributed by atoms with van der Waals surface area (Å²) in [5.41, 5.74) is -0.698. The van der Waals surface area contributed by atoms with E-state index in [2.05, 4.69) is 20.7 Å². The van der Waals surface area contributed by atoms with Crippen LogP contribution in [0.25, 0.3) is 0 Å². The molecule has 1 aromatic carbocycles. The van der Waals surface area contributed by atoms with Gasteiger partial charge in [0.25, 0.3) is 0 Å². The molecule has 54 valence electrons. The minimum atomic E-state index is -2.97. The van der Waals surface area contributed by atoms with Gasteiger partial charge in [-0.2, -0.15) is 0 Å². The average molecular weight is 210 g/mol. The Balaban J connectivity index is 3.68. The molecule has 0 atom stereocenters. The summed E-state index contributed by atoms with van der Waals surface area (Å²) < 4.78 is 70.0. The second-order valence-electron chi connectivity index (χ2n) is 1.50. The smallest absolute Gasteiger partial charge is 0.121 e. The van der Waals surface area contributed by atoms with Gasteiger partial charge in [0, 0.05) is 8.58 Å². The van der Waals surface area contributed by atoms with Crippen molar-refractivity contribution in [3.05, 3.63) is 28.2 Å². The van der Waals surface area contributed by atoms with Crippen LogP contribution >= 0.6 is 15.9 Å². The third-order valence-electron chi connectivity index (χ3n) is 0.850. The second-order valence-corrected chi connectivity index (χ2v) is 2.29. The van der Waals surface area contributed by atoms with Gasteiger partial charge in [0.05, 0.1) is 15.3 Å². The molecule has 2 heteroatoms. The van der Waals surface area contributed by atoms with Gasteiger partial charge >= 0.3 is 0 Å². The summed E-state index contributed by atoms with van der Waals surface area (Å²) in [4.78, 5) is 0. The molecular weight excluding hydrogens is 192 g/mol. The first-order valence-corrected chi connectivity index (χ1v) is 3.14. The summed E-state index contributed by atoms with van der Waals surface area (Å²) >= 11 is 2.85. The fourth-order valence-electron chi connectivity index (χ4n) is 0.448. The summed E-state index contributed by atoms with van der Waals surface area (Å²) in [6, 6.07) is -1.78. The summed E-state index contributed by atoms with van der Waals surface area (Å²) in [5.74, 6) is -0.779. The minimum absolute atomic E-state index is 0.193. The molecule has 0 aliphatic carbocycles. The van der Waals surface area contributed by atoms with E-state index < -0.39 is 43.3 Å². The van der Waals surface area contributed by atoms with Crippen LogP contribution in [0.5, 0.6) is 5.75 Å². The molecule has 0 bridgehead atoms. The van der Waals surface area contributed by atoms with Crippen LogP contribution in [-0.2, 0) is 0 Å². The first kappa shape index (κ1) is 2.01. The monoisotopic (exact) mass is 209 g/mol. The van der Waals surface area contributed by atoms with Crippen LogP contribution in [0, 0.1) is 6.85 Å². The topological polar surface area (TPSA) is 9.23 Å². The Kier molecular flexibility index (Phi) is 0.614. The fourth-order valence-corrected chi connectivity index (χ4v) is 0.746. The maximum absolute atomic E-state index is 7.66. The summed E-state index contributed by atoms with van der Waals surface area (Å²) in [5, 5.41) is 0. The van der Waals surface area contributed by atoms with Crippen LogP contribution in [0.4, 0.5) is 0 Å². The molecule has 0 aliphatic rings. The lowest BCUT2D eigenvalue weighted by molar-refractivity contribution is 0.411. The summed E-state index contributed by atoms with van der Waals surface area (Å²) in [7, 11) is -2.97. The Bertz CT molecular complexity index is 505.